The molecule has 5 heteroatoms. The zero-order valence-corrected chi connectivity index (χ0v) is 14.5. The molecule has 25 heavy (non-hydrogen) atoms. The second kappa shape index (κ2) is 8.01. The van der Waals surface area contributed by atoms with E-state index in [1.54, 1.807) is 17.2 Å². The summed E-state index contributed by atoms with van der Waals surface area (Å²) in [5, 5.41) is 2.93. The summed E-state index contributed by atoms with van der Waals surface area (Å²) in [5.74, 6) is 0.308. The number of unbranched alkanes of at least 4 members (excludes halogenated alkanes) is 1. The van der Waals surface area contributed by atoms with E-state index in [1.165, 1.54) is 18.4 Å². The maximum Gasteiger partial charge on any atom is 0.229 e. The van der Waals surface area contributed by atoms with E-state index >= 15 is 0 Å². The Hall–Kier alpha value is -2.56. The van der Waals surface area contributed by atoms with Gasteiger partial charge >= 0.3 is 0 Å². The summed E-state index contributed by atoms with van der Waals surface area (Å²) in [4.78, 5) is 26.2. The molecule has 0 aliphatic carbocycles. The van der Waals surface area contributed by atoms with Crippen LogP contribution in [-0.2, 0) is 22.6 Å². The minimum Gasteiger partial charge on any atom is -0.467 e. The lowest BCUT2D eigenvalue weighted by Crippen LogP contribution is -2.27. The monoisotopic (exact) mass is 340 g/mol. The molecule has 0 saturated carbocycles. The largest absolute Gasteiger partial charge is 0.467 e. The van der Waals surface area contributed by atoms with Crippen LogP contribution in [0.5, 0.6) is 0 Å². The fraction of sp³-hybridized carbons (Fsp3) is 0.400. The number of nitrogens with one attached hydrogen (secondary N) is 1. The number of nitrogens with zero attached hydrogens (tertiary/aromatic N) is 1. The van der Waals surface area contributed by atoms with Crippen LogP contribution in [0.1, 0.15) is 37.5 Å². The zero-order valence-electron chi connectivity index (χ0n) is 14.5. The van der Waals surface area contributed by atoms with Gasteiger partial charge in [0.25, 0.3) is 0 Å². The van der Waals surface area contributed by atoms with Gasteiger partial charge in [-0.25, -0.2) is 0 Å². The molecule has 132 valence electrons. The number of anilines is 1. The molecule has 0 radical (unpaired) electrons. The van der Waals surface area contributed by atoms with E-state index in [-0.39, 0.29) is 24.2 Å². The third-order valence-electron chi connectivity index (χ3n) is 4.55. The molecule has 1 unspecified atom stereocenters. The van der Waals surface area contributed by atoms with Crippen molar-refractivity contribution in [3.8, 4) is 0 Å². The molecule has 2 heterocycles. The summed E-state index contributed by atoms with van der Waals surface area (Å²) in [7, 11) is 0. The SMILES string of the molecule is CCCCc1ccc(NC(=O)C2CC(=O)N(Cc3ccco3)C2)cc1. The van der Waals surface area contributed by atoms with Crippen LogP contribution in [0.3, 0.4) is 0 Å². The lowest BCUT2D eigenvalue weighted by molar-refractivity contribution is -0.128. The van der Waals surface area contributed by atoms with Crippen LogP contribution in [0.4, 0.5) is 5.69 Å². The Balaban J connectivity index is 1.54. The predicted octanol–water partition coefficient (Wildman–Crippen LogP) is 3.61. The van der Waals surface area contributed by atoms with Crippen LogP contribution in [0.25, 0.3) is 0 Å². The van der Waals surface area contributed by atoms with Gasteiger partial charge in [-0.05, 0) is 42.7 Å². The summed E-state index contributed by atoms with van der Waals surface area (Å²) in [6.07, 6.45) is 5.24. The summed E-state index contributed by atoms with van der Waals surface area (Å²) < 4.78 is 5.28. The highest BCUT2D eigenvalue weighted by Gasteiger charge is 2.34. The molecule has 1 N–H and O–H groups in total. The van der Waals surface area contributed by atoms with Gasteiger partial charge in [0, 0.05) is 18.7 Å². The summed E-state index contributed by atoms with van der Waals surface area (Å²) in [6, 6.07) is 11.6. The number of hydrogen-bond donors (Lipinski definition) is 1. The number of furan rings is 1. The van der Waals surface area contributed by atoms with Crippen molar-refractivity contribution < 1.29 is 14.0 Å². The zero-order chi connectivity index (χ0) is 17.6. The van der Waals surface area contributed by atoms with Crippen molar-refractivity contribution >= 4 is 17.5 Å². The van der Waals surface area contributed by atoms with Gasteiger partial charge in [-0.15, -0.1) is 0 Å². The highest BCUT2D eigenvalue weighted by atomic mass is 16.3. The lowest BCUT2D eigenvalue weighted by Gasteiger charge is -2.15. The van der Waals surface area contributed by atoms with Gasteiger partial charge in [0.1, 0.15) is 5.76 Å². The Kier molecular flexibility index (Phi) is 5.53. The summed E-state index contributed by atoms with van der Waals surface area (Å²) >= 11 is 0. The van der Waals surface area contributed by atoms with Gasteiger partial charge in [0.2, 0.25) is 11.8 Å². The molecule has 1 saturated heterocycles. The first-order valence-corrected chi connectivity index (χ1v) is 8.85. The van der Waals surface area contributed by atoms with Crippen LogP contribution in [-0.4, -0.2) is 23.3 Å². The van der Waals surface area contributed by atoms with Gasteiger partial charge in [0.15, 0.2) is 0 Å². The number of benzene rings is 1. The van der Waals surface area contributed by atoms with Gasteiger partial charge in [-0.3, -0.25) is 9.59 Å². The molecular weight excluding hydrogens is 316 g/mol. The van der Waals surface area contributed by atoms with Gasteiger partial charge in [0.05, 0.1) is 18.7 Å². The van der Waals surface area contributed by atoms with Crippen LogP contribution in [0.2, 0.25) is 0 Å². The van der Waals surface area contributed by atoms with Crippen LogP contribution < -0.4 is 5.32 Å². The topological polar surface area (TPSA) is 62.6 Å². The van der Waals surface area contributed by atoms with Crippen molar-refractivity contribution in [3.05, 3.63) is 54.0 Å². The van der Waals surface area contributed by atoms with Crippen LogP contribution >= 0.6 is 0 Å². The van der Waals surface area contributed by atoms with E-state index in [0.29, 0.717) is 13.1 Å². The second-order valence-electron chi connectivity index (χ2n) is 6.54. The number of amides is 2. The number of carbonyl (C=O) groups excluding carboxylic acids is 2. The molecule has 0 spiro atoms. The normalized spacial score (nSPS) is 17.1. The predicted molar refractivity (Wildman–Crippen MR) is 95.9 cm³/mol. The first-order chi connectivity index (χ1) is 12.2. The smallest absolute Gasteiger partial charge is 0.229 e. The van der Waals surface area contributed by atoms with E-state index in [2.05, 4.69) is 12.2 Å². The number of likely N-dealkylation sites (tertiary alicyclic amines) is 1. The lowest BCUT2D eigenvalue weighted by atomic mass is 10.1. The van der Waals surface area contributed by atoms with Crippen molar-refractivity contribution in [2.45, 2.75) is 39.2 Å². The number of rotatable bonds is 7. The van der Waals surface area contributed by atoms with Crippen LogP contribution in [0, 0.1) is 5.92 Å². The highest BCUT2D eigenvalue weighted by molar-refractivity contribution is 5.97. The molecule has 1 aliphatic rings. The van der Waals surface area contributed by atoms with Gasteiger partial charge < -0.3 is 14.6 Å². The first-order valence-electron chi connectivity index (χ1n) is 8.85. The molecule has 1 aliphatic heterocycles. The maximum absolute atomic E-state index is 12.5. The van der Waals surface area contributed by atoms with Crippen molar-refractivity contribution in [2.75, 3.05) is 11.9 Å². The van der Waals surface area contributed by atoms with Gasteiger partial charge in [-0.2, -0.15) is 0 Å². The third-order valence-corrected chi connectivity index (χ3v) is 4.55. The summed E-state index contributed by atoms with van der Waals surface area (Å²) in [5.41, 5.74) is 2.06. The van der Waals surface area contributed by atoms with E-state index in [4.69, 9.17) is 4.42 Å². The van der Waals surface area contributed by atoms with E-state index < -0.39 is 0 Å². The molecule has 1 atom stereocenters. The van der Waals surface area contributed by atoms with E-state index in [9.17, 15) is 9.59 Å². The molecule has 5 nitrogen and oxygen atoms in total. The Morgan fingerprint density at radius 3 is 2.76 bits per heavy atom. The average Bonchev–Trinajstić information content (AvgIpc) is 3.25. The van der Waals surface area contributed by atoms with Crippen molar-refractivity contribution in [3.63, 3.8) is 0 Å². The third kappa shape index (κ3) is 4.50. The fourth-order valence-corrected chi connectivity index (χ4v) is 3.07. The quantitative estimate of drug-likeness (QED) is 0.837. The molecular formula is C20H24N2O3. The Bertz CT molecular complexity index is 707. The van der Waals surface area contributed by atoms with Crippen molar-refractivity contribution in [1.82, 2.24) is 4.90 Å². The molecule has 3 rings (SSSR count). The molecule has 1 aromatic carbocycles. The van der Waals surface area contributed by atoms with Gasteiger partial charge in [-0.1, -0.05) is 25.5 Å². The fourth-order valence-electron chi connectivity index (χ4n) is 3.07. The molecule has 1 fully saturated rings. The number of aryl methyl sites for hydroxylation is 1. The Labute approximate surface area is 148 Å². The number of carbonyl (C=O) groups is 2. The van der Waals surface area contributed by atoms with E-state index in [1.807, 2.05) is 30.3 Å². The highest BCUT2D eigenvalue weighted by Crippen LogP contribution is 2.22. The molecule has 0 bridgehead atoms. The first kappa shape index (κ1) is 17.3. The number of hydrogen-bond acceptors (Lipinski definition) is 3. The van der Waals surface area contributed by atoms with E-state index in [0.717, 1.165) is 17.9 Å². The van der Waals surface area contributed by atoms with Crippen molar-refractivity contribution in [2.24, 2.45) is 5.92 Å². The maximum atomic E-state index is 12.5. The Morgan fingerprint density at radius 2 is 2.08 bits per heavy atom. The second-order valence-corrected chi connectivity index (χ2v) is 6.54. The minimum atomic E-state index is -0.317. The van der Waals surface area contributed by atoms with Crippen molar-refractivity contribution in [1.29, 1.82) is 0 Å². The molecule has 2 amide bonds. The molecule has 2 aromatic rings. The van der Waals surface area contributed by atoms with Crippen LogP contribution in [0.15, 0.2) is 47.1 Å². The average molecular weight is 340 g/mol. The standard InChI is InChI=1S/C20H24N2O3/c1-2-3-5-15-7-9-17(10-8-15)21-20(24)16-12-19(23)22(13-16)14-18-6-4-11-25-18/h4,6-11,16H,2-3,5,12-14H2,1H3,(H,21,24). The summed E-state index contributed by atoms with van der Waals surface area (Å²) in [6.45, 7) is 3.02. The molecule has 1 aromatic heterocycles. The Morgan fingerprint density at radius 1 is 1.28 bits per heavy atom. The minimum absolute atomic E-state index is 0.00790.